The largest absolute Gasteiger partial charge is 0.481 e. The molecule has 1 heterocycles. The monoisotopic (exact) mass is 332 g/mol. The SMILES string of the molecule is O=C(O)CCS(=O)(=O)N1CCN(c2ccccc2Cl)CC1. The summed E-state index contributed by atoms with van der Waals surface area (Å²) in [5.74, 6) is -1.46. The Morgan fingerprint density at radius 2 is 1.81 bits per heavy atom. The van der Waals surface area contributed by atoms with Crippen molar-refractivity contribution in [2.45, 2.75) is 6.42 Å². The highest BCUT2D eigenvalue weighted by Crippen LogP contribution is 2.26. The number of para-hydroxylation sites is 1. The highest BCUT2D eigenvalue weighted by molar-refractivity contribution is 7.89. The number of piperazine rings is 1. The van der Waals surface area contributed by atoms with Crippen molar-refractivity contribution in [2.24, 2.45) is 0 Å². The molecule has 0 bridgehead atoms. The van der Waals surface area contributed by atoms with Crippen molar-refractivity contribution in [3.63, 3.8) is 0 Å². The van der Waals surface area contributed by atoms with Crippen molar-refractivity contribution in [1.29, 1.82) is 0 Å². The molecule has 0 radical (unpaired) electrons. The first-order chi connectivity index (χ1) is 9.90. The zero-order chi connectivity index (χ0) is 15.5. The summed E-state index contributed by atoms with van der Waals surface area (Å²) in [6.07, 6.45) is -0.368. The van der Waals surface area contributed by atoms with Gasteiger partial charge in [-0.1, -0.05) is 23.7 Å². The molecule has 0 aliphatic carbocycles. The molecule has 8 heteroatoms. The molecule has 1 aromatic carbocycles. The zero-order valence-corrected chi connectivity index (χ0v) is 13.0. The predicted octanol–water partition coefficient (Wildman–Crippen LogP) is 1.27. The highest BCUT2D eigenvalue weighted by Gasteiger charge is 2.27. The summed E-state index contributed by atoms with van der Waals surface area (Å²) in [6.45, 7) is 1.76. The van der Waals surface area contributed by atoms with E-state index in [1.54, 1.807) is 6.07 Å². The summed E-state index contributed by atoms with van der Waals surface area (Å²) in [5, 5.41) is 9.23. The Balaban J connectivity index is 1.97. The summed E-state index contributed by atoms with van der Waals surface area (Å²) in [7, 11) is -3.50. The van der Waals surface area contributed by atoms with Crippen LogP contribution in [0.4, 0.5) is 5.69 Å². The molecule has 21 heavy (non-hydrogen) atoms. The second-order valence-electron chi connectivity index (χ2n) is 4.80. The van der Waals surface area contributed by atoms with Crippen LogP contribution in [0.15, 0.2) is 24.3 Å². The van der Waals surface area contributed by atoms with Gasteiger partial charge in [0, 0.05) is 26.2 Å². The number of nitrogens with zero attached hydrogens (tertiary/aromatic N) is 2. The topological polar surface area (TPSA) is 77.9 Å². The third kappa shape index (κ3) is 4.09. The summed E-state index contributed by atoms with van der Waals surface area (Å²) in [6, 6.07) is 7.43. The van der Waals surface area contributed by atoms with Crippen LogP contribution in [0, 0.1) is 0 Å². The van der Waals surface area contributed by atoms with Crippen molar-refractivity contribution < 1.29 is 18.3 Å². The Bertz CT molecular complexity index is 612. The van der Waals surface area contributed by atoms with Crippen LogP contribution in [-0.4, -0.2) is 55.7 Å². The van der Waals surface area contributed by atoms with Gasteiger partial charge in [-0.25, -0.2) is 8.42 Å². The molecule has 0 saturated carbocycles. The fourth-order valence-corrected chi connectivity index (χ4v) is 3.93. The molecule has 1 aromatic rings. The van der Waals surface area contributed by atoms with Crippen molar-refractivity contribution in [3.8, 4) is 0 Å². The first kappa shape index (κ1) is 16.1. The zero-order valence-electron chi connectivity index (χ0n) is 11.4. The summed E-state index contributed by atoms with van der Waals surface area (Å²) < 4.78 is 25.4. The minimum atomic E-state index is -3.50. The normalized spacial score (nSPS) is 16.9. The van der Waals surface area contributed by atoms with E-state index in [-0.39, 0.29) is 12.2 Å². The van der Waals surface area contributed by atoms with Crippen LogP contribution in [0.25, 0.3) is 0 Å². The second kappa shape index (κ2) is 6.64. The smallest absolute Gasteiger partial charge is 0.304 e. The molecular formula is C13H17ClN2O4S. The van der Waals surface area contributed by atoms with Gasteiger partial charge in [0.05, 0.1) is 22.9 Å². The summed E-state index contributed by atoms with van der Waals surface area (Å²) in [5.41, 5.74) is 0.891. The number of carbonyl (C=O) groups is 1. The lowest BCUT2D eigenvalue weighted by Gasteiger charge is -2.35. The van der Waals surface area contributed by atoms with Gasteiger partial charge in [0.25, 0.3) is 0 Å². The molecule has 1 saturated heterocycles. The summed E-state index contributed by atoms with van der Waals surface area (Å²) >= 11 is 6.13. The molecule has 0 spiro atoms. The number of anilines is 1. The Labute approximate surface area is 129 Å². The van der Waals surface area contributed by atoms with Crippen LogP contribution in [-0.2, 0) is 14.8 Å². The first-order valence-electron chi connectivity index (χ1n) is 6.59. The molecule has 0 aromatic heterocycles. The number of carboxylic acid groups (broad SMARTS) is 1. The molecule has 0 amide bonds. The number of rotatable bonds is 5. The van der Waals surface area contributed by atoms with Crippen LogP contribution in [0.3, 0.4) is 0 Å². The standard InChI is InChI=1S/C13H17ClN2O4S/c14-11-3-1-2-4-12(11)15-6-8-16(9-7-15)21(19,20)10-5-13(17)18/h1-4H,5-10H2,(H,17,18). The molecule has 1 N–H and O–H groups in total. The third-order valence-electron chi connectivity index (χ3n) is 3.40. The number of halogens is 1. The van der Waals surface area contributed by atoms with Gasteiger partial charge in [-0.05, 0) is 12.1 Å². The van der Waals surface area contributed by atoms with Crippen molar-refractivity contribution in [3.05, 3.63) is 29.3 Å². The number of sulfonamides is 1. The van der Waals surface area contributed by atoms with E-state index < -0.39 is 16.0 Å². The van der Waals surface area contributed by atoms with Crippen LogP contribution in [0.5, 0.6) is 0 Å². The third-order valence-corrected chi connectivity index (χ3v) is 5.59. The van der Waals surface area contributed by atoms with Gasteiger partial charge in [0.15, 0.2) is 0 Å². The number of benzene rings is 1. The van der Waals surface area contributed by atoms with E-state index in [1.165, 1.54) is 4.31 Å². The minimum Gasteiger partial charge on any atom is -0.481 e. The molecule has 2 rings (SSSR count). The van der Waals surface area contributed by atoms with Crippen LogP contribution in [0.2, 0.25) is 5.02 Å². The van der Waals surface area contributed by atoms with Gasteiger partial charge in [-0.2, -0.15) is 4.31 Å². The Kier molecular flexibility index (Phi) is 5.08. The number of carboxylic acids is 1. The van der Waals surface area contributed by atoms with Crippen molar-refractivity contribution in [2.75, 3.05) is 36.8 Å². The van der Waals surface area contributed by atoms with E-state index in [9.17, 15) is 13.2 Å². The average molecular weight is 333 g/mol. The van der Waals surface area contributed by atoms with Crippen LogP contribution >= 0.6 is 11.6 Å². The quantitative estimate of drug-likeness (QED) is 0.878. The van der Waals surface area contributed by atoms with Crippen LogP contribution < -0.4 is 4.90 Å². The lowest BCUT2D eigenvalue weighted by molar-refractivity contribution is -0.136. The average Bonchev–Trinajstić information content (AvgIpc) is 2.46. The molecule has 0 unspecified atom stereocenters. The Morgan fingerprint density at radius 3 is 2.38 bits per heavy atom. The maximum absolute atomic E-state index is 12.0. The minimum absolute atomic E-state index is 0.340. The predicted molar refractivity (Wildman–Crippen MR) is 81.3 cm³/mol. The van der Waals surface area contributed by atoms with E-state index in [0.29, 0.717) is 31.2 Å². The highest BCUT2D eigenvalue weighted by atomic mass is 35.5. The molecule has 1 aliphatic heterocycles. The number of hydrogen-bond donors (Lipinski definition) is 1. The molecule has 116 valence electrons. The molecule has 6 nitrogen and oxygen atoms in total. The van der Waals surface area contributed by atoms with E-state index in [0.717, 1.165) is 5.69 Å². The van der Waals surface area contributed by atoms with Gasteiger partial charge in [0.2, 0.25) is 10.0 Å². The maximum atomic E-state index is 12.0. The molecular weight excluding hydrogens is 316 g/mol. The first-order valence-corrected chi connectivity index (χ1v) is 8.58. The van der Waals surface area contributed by atoms with Gasteiger partial charge in [-0.3, -0.25) is 4.79 Å². The van der Waals surface area contributed by atoms with Gasteiger partial charge in [0.1, 0.15) is 0 Å². The van der Waals surface area contributed by atoms with Crippen molar-refractivity contribution >= 4 is 33.3 Å². The van der Waals surface area contributed by atoms with E-state index in [4.69, 9.17) is 16.7 Å². The van der Waals surface area contributed by atoms with Crippen molar-refractivity contribution in [1.82, 2.24) is 4.31 Å². The van der Waals surface area contributed by atoms with Gasteiger partial charge >= 0.3 is 5.97 Å². The van der Waals surface area contributed by atoms with E-state index in [1.807, 2.05) is 23.1 Å². The number of aliphatic carboxylic acids is 1. The van der Waals surface area contributed by atoms with Gasteiger partial charge in [-0.15, -0.1) is 0 Å². The Morgan fingerprint density at radius 1 is 1.19 bits per heavy atom. The Hall–Kier alpha value is -1.31. The fourth-order valence-electron chi connectivity index (χ4n) is 2.26. The number of hydrogen-bond acceptors (Lipinski definition) is 4. The second-order valence-corrected chi connectivity index (χ2v) is 7.29. The van der Waals surface area contributed by atoms with Crippen LogP contribution in [0.1, 0.15) is 6.42 Å². The lowest BCUT2D eigenvalue weighted by atomic mass is 10.2. The molecule has 0 atom stereocenters. The fraction of sp³-hybridized carbons (Fsp3) is 0.462. The van der Waals surface area contributed by atoms with E-state index in [2.05, 4.69) is 0 Å². The summed E-state index contributed by atoms with van der Waals surface area (Å²) in [4.78, 5) is 12.5. The molecule has 1 fully saturated rings. The van der Waals surface area contributed by atoms with E-state index >= 15 is 0 Å². The lowest BCUT2D eigenvalue weighted by Crippen LogP contribution is -2.49. The maximum Gasteiger partial charge on any atom is 0.304 e. The molecule has 1 aliphatic rings. The van der Waals surface area contributed by atoms with Gasteiger partial charge < -0.3 is 10.0 Å².